The summed E-state index contributed by atoms with van der Waals surface area (Å²) in [6.45, 7) is 2.08. The number of alkyl halides is 1. The first kappa shape index (κ1) is 14.0. The van der Waals surface area contributed by atoms with E-state index >= 15 is 0 Å². The highest BCUT2D eigenvalue weighted by Gasteiger charge is 2.14. The van der Waals surface area contributed by atoms with Gasteiger partial charge < -0.3 is 0 Å². The van der Waals surface area contributed by atoms with Gasteiger partial charge in [-0.05, 0) is 36.8 Å². The van der Waals surface area contributed by atoms with E-state index in [1.807, 2.05) is 6.07 Å². The van der Waals surface area contributed by atoms with Crippen LogP contribution in [0.5, 0.6) is 0 Å². The molecule has 0 saturated heterocycles. The van der Waals surface area contributed by atoms with Gasteiger partial charge in [0.05, 0.1) is 4.83 Å². The van der Waals surface area contributed by atoms with Crippen LogP contribution >= 0.6 is 38.6 Å². The summed E-state index contributed by atoms with van der Waals surface area (Å²) in [5, 5.41) is -0.135. The summed E-state index contributed by atoms with van der Waals surface area (Å²) >= 11 is 6.64. The molecule has 102 valence electrons. The second-order valence-corrected chi connectivity index (χ2v) is 7.64. The lowest BCUT2D eigenvalue weighted by Crippen LogP contribution is -1.88. The molecule has 0 spiro atoms. The van der Waals surface area contributed by atoms with E-state index in [1.165, 1.54) is 33.4 Å². The Morgan fingerprint density at radius 2 is 1.55 bits per heavy atom. The van der Waals surface area contributed by atoms with E-state index in [1.54, 1.807) is 11.3 Å². The van der Waals surface area contributed by atoms with Gasteiger partial charge in [-0.25, -0.2) is 0 Å². The van der Waals surface area contributed by atoms with Crippen LogP contribution in [-0.2, 0) is 0 Å². The standard InChI is InChI=1S/C16H12BrFS2/c1-10-2-4-11(5-3-10)16(17)14-7-6-12(19-14)13-8-9-15(18)20-13/h2-9,16H,1H3. The molecular formula is C16H12BrFS2. The van der Waals surface area contributed by atoms with Crippen LogP contribution in [0.15, 0.2) is 48.5 Å². The molecule has 0 fully saturated rings. The lowest BCUT2D eigenvalue weighted by molar-refractivity contribution is 0.657. The molecule has 0 aliphatic carbocycles. The first-order valence-corrected chi connectivity index (χ1v) is 8.74. The Morgan fingerprint density at radius 3 is 2.20 bits per heavy atom. The second kappa shape index (κ2) is 5.80. The fourth-order valence-corrected chi connectivity index (χ4v) is 4.54. The van der Waals surface area contributed by atoms with Gasteiger partial charge in [-0.3, -0.25) is 0 Å². The minimum Gasteiger partial charge on any atom is -0.195 e. The van der Waals surface area contributed by atoms with Crippen LogP contribution < -0.4 is 0 Å². The molecule has 1 atom stereocenters. The summed E-state index contributed by atoms with van der Waals surface area (Å²) < 4.78 is 13.1. The highest BCUT2D eigenvalue weighted by atomic mass is 79.9. The number of halogens is 2. The molecule has 0 aliphatic rings. The smallest absolute Gasteiger partial charge is 0.177 e. The molecule has 2 heterocycles. The maximum atomic E-state index is 13.1. The lowest BCUT2D eigenvalue weighted by atomic mass is 10.1. The van der Waals surface area contributed by atoms with Gasteiger partial charge in [-0.15, -0.1) is 22.7 Å². The maximum absolute atomic E-state index is 13.1. The minimum absolute atomic E-state index is 0.135. The van der Waals surface area contributed by atoms with E-state index in [0.29, 0.717) is 0 Å². The Bertz CT molecular complexity index is 712. The van der Waals surface area contributed by atoms with Crippen LogP contribution in [0.4, 0.5) is 4.39 Å². The summed E-state index contributed by atoms with van der Waals surface area (Å²) in [4.78, 5) is 3.53. The first-order valence-electron chi connectivity index (χ1n) is 6.19. The van der Waals surface area contributed by atoms with Crippen LogP contribution in [-0.4, -0.2) is 0 Å². The normalized spacial score (nSPS) is 12.6. The van der Waals surface area contributed by atoms with Crippen LogP contribution in [0.25, 0.3) is 9.75 Å². The van der Waals surface area contributed by atoms with Crippen LogP contribution in [0.1, 0.15) is 20.8 Å². The molecule has 0 N–H and O–H groups in total. The molecule has 0 radical (unpaired) electrons. The van der Waals surface area contributed by atoms with E-state index in [9.17, 15) is 4.39 Å². The summed E-state index contributed by atoms with van der Waals surface area (Å²) in [6, 6.07) is 16.0. The zero-order valence-corrected chi connectivity index (χ0v) is 14.0. The van der Waals surface area contributed by atoms with Gasteiger partial charge in [0.2, 0.25) is 0 Å². The van der Waals surface area contributed by atoms with E-state index < -0.39 is 0 Å². The number of hydrogen-bond donors (Lipinski definition) is 0. The molecule has 0 aliphatic heterocycles. The fourth-order valence-electron chi connectivity index (χ4n) is 1.97. The zero-order chi connectivity index (χ0) is 14.1. The van der Waals surface area contributed by atoms with Gasteiger partial charge in [0, 0.05) is 14.6 Å². The average molecular weight is 367 g/mol. The molecule has 1 unspecified atom stereocenters. The van der Waals surface area contributed by atoms with Crippen LogP contribution in [0.2, 0.25) is 0 Å². The van der Waals surface area contributed by atoms with Crippen molar-refractivity contribution in [2.24, 2.45) is 0 Å². The third kappa shape index (κ3) is 2.87. The topological polar surface area (TPSA) is 0 Å². The van der Waals surface area contributed by atoms with Gasteiger partial charge in [0.25, 0.3) is 0 Å². The Labute approximate surface area is 134 Å². The largest absolute Gasteiger partial charge is 0.195 e. The maximum Gasteiger partial charge on any atom is 0.177 e. The van der Waals surface area contributed by atoms with Crippen molar-refractivity contribution in [1.82, 2.24) is 0 Å². The molecule has 0 amide bonds. The van der Waals surface area contributed by atoms with Gasteiger partial charge >= 0.3 is 0 Å². The molecule has 3 rings (SSSR count). The minimum atomic E-state index is -0.135. The highest BCUT2D eigenvalue weighted by molar-refractivity contribution is 9.09. The molecule has 0 saturated carbocycles. The Hall–Kier alpha value is -0.970. The van der Waals surface area contributed by atoms with Gasteiger partial charge in [-0.2, -0.15) is 4.39 Å². The van der Waals surface area contributed by atoms with Crippen molar-refractivity contribution in [3.8, 4) is 9.75 Å². The summed E-state index contributed by atoms with van der Waals surface area (Å²) in [5.41, 5.74) is 2.50. The summed E-state index contributed by atoms with van der Waals surface area (Å²) in [5.74, 6) is 0. The third-order valence-corrected chi connectivity index (χ3v) is 6.61. The molecule has 0 nitrogen and oxygen atoms in total. The fraction of sp³-hybridized carbons (Fsp3) is 0.125. The predicted octanol–water partition coefficient (Wildman–Crippen LogP) is 6.41. The molecule has 3 aromatic rings. The van der Waals surface area contributed by atoms with Crippen LogP contribution in [0.3, 0.4) is 0 Å². The summed E-state index contributed by atoms with van der Waals surface area (Å²) in [6.07, 6.45) is 0. The zero-order valence-electron chi connectivity index (χ0n) is 10.8. The number of hydrogen-bond acceptors (Lipinski definition) is 2. The van der Waals surface area contributed by atoms with Crippen molar-refractivity contribution >= 4 is 38.6 Å². The molecule has 0 bridgehead atoms. The number of benzene rings is 1. The highest BCUT2D eigenvalue weighted by Crippen LogP contribution is 2.40. The summed E-state index contributed by atoms with van der Waals surface area (Å²) in [7, 11) is 0. The lowest BCUT2D eigenvalue weighted by Gasteiger charge is -2.08. The van der Waals surface area contributed by atoms with Crippen LogP contribution in [0, 0.1) is 12.1 Å². The Kier molecular flexibility index (Phi) is 4.06. The van der Waals surface area contributed by atoms with Crippen molar-refractivity contribution in [2.75, 3.05) is 0 Å². The molecule has 20 heavy (non-hydrogen) atoms. The SMILES string of the molecule is Cc1ccc(C(Br)c2ccc(-c3ccc(F)s3)s2)cc1. The Morgan fingerprint density at radius 1 is 0.900 bits per heavy atom. The van der Waals surface area contributed by atoms with Crippen molar-refractivity contribution in [3.63, 3.8) is 0 Å². The third-order valence-electron chi connectivity index (χ3n) is 3.06. The number of thiophene rings is 2. The Balaban J connectivity index is 1.88. The number of rotatable bonds is 3. The predicted molar refractivity (Wildman–Crippen MR) is 89.5 cm³/mol. The van der Waals surface area contributed by atoms with Gasteiger partial charge in [0.15, 0.2) is 5.13 Å². The van der Waals surface area contributed by atoms with Crippen molar-refractivity contribution in [2.45, 2.75) is 11.8 Å². The van der Waals surface area contributed by atoms with E-state index in [0.717, 1.165) is 9.75 Å². The monoisotopic (exact) mass is 366 g/mol. The molecular weight excluding hydrogens is 355 g/mol. The van der Waals surface area contributed by atoms with Crippen molar-refractivity contribution in [3.05, 3.63) is 69.7 Å². The molecule has 2 aromatic heterocycles. The second-order valence-electron chi connectivity index (χ2n) is 4.58. The van der Waals surface area contributed by atoms with Crippen molar-refractivity contribution in [1.29, 1.82) is 0 Å². The molecule has 4 heteroatoms. The quantitative estimate of drug-likeness (QED) is 0.469. The van der Waals surface area contributed by atoms with Gasteiger partial charge in [0.1, 0.15) is 0 Å². The molecule has 1 aromatic carbocycles. The van der Waals surface area contributed by atoms with E-state index in [4.69, 9.17) is 0 Å². The van der Waals surface area contributed by atoms with E-state index in [2.05, 4.69) is 59.3 Å². The number of aryl methyl sites for hydroxylation is 1. The van der Waals surface area contributed by atoms with Crippen molar-refractivity contribution < 1.29 is 4.39 Å². The first-order chi connectivity index (χ1) is 9.63. The average Bonchev–Trinajstić information content (AvgIpc) is 3.07. The van der Waals surface area contributed by atoms with Gasteiger partial charge in [-0.1, -0.05) is 45.8 Å². The van der Waals surface area contributed by atoms with E-state index in [-0.39, 0.29) is 9.96 Å².